The van der Waals surface area contributed by atoms with Gasteiger partial charge in [-0.25, -0.2) is 9.67 Å². The van der Waals surface area contributed by atoms with Crippen LogP contribution >= 0.6 is 11.3 Å². The third kappa shape index (κ3) is 2.05. The second kappa shape index (κ2) is 4.08. The van der Waals surface area contributed by atoms with Crippen molar-refractivity contribution in [3.05, 3.63) is 27.5 Å². The number of rotatable bonds is 3. The van der Waals surface area contributed by atoms with E-state index in [4.69, 9.17) is 5.73 Å². The lowest BCUT2D eigenvalue weighted by Crippen LogP contribution is -2.05. The monoisotopic (exact) mass is 223 g/mol. The van der Waals surface area contributed by atoms with Crippen LogP contribution in [-0.2, 0) is 13.1 Å². The minimum Gasteiger partial charge on any atom is -0.325 e. The smallest absolute Gasteiger partial charge is 0.0991 e. The number of nitrogens with two attached hydrogens (primary N) is 1. The van der Waals surface area contributed by atoms with Crippen LogP contribution in [0.1, 0.15) is 22.1 Å². The van der Waals surface area contributed by atoms with Crippen molar-refractivity contribution in [3.63, 3.8) is 0 Å². The van der Waals surface area contributed by atoms with Crippen molar-refractivity contribution in [2.45, 2.75) is 26.9 Å². The molecule has 2 aromatic heterocycles. The standard InChI is InChI=1S/C9H13N5S/c1-6-9(3-10)12-13-14(6)4-8-5-15-7(2)11-8/h5H,3-4,10H2,1-2H3. The molecule has 0 unspecified atom stereocenters. The second-order valence-corrected chi connectivity index (χ2v) is 4.40. The first-order valence-electron chi connectivity index (χ1n) is 4.70. The maximum absolute atomic E-state index is 5.53. The Morgan fingerprint density at radius 3 is 2.80 bits per heavy atom. The number of nitrogens with zero attached hydrogens (tertiary/aromatic N) is 4. The summed E-state index contributed by atoms with van der Waals surface area (Å²) in [6, 6.07) is 0. The fourth-order valence-electron chi connectivity index (χ4n) is 1.37. The van der Waals surface area contributed by atoms with Gasteiger partial charge in [0, 0.05) is 11.9 Å². The van der Waals surface area contributed by atoms with Crippen LogP contribution in [0.2, 0.25) is 0 Å². The number of hydrogen-bond acceptors (Lipinski definition) is 5. The van der Waals surface area contributed by atoms with Gasteiger partial charge in [-0.2, -0.15) is 0 Å². The van der Waals surface area contributed by atoms with Crippen LogP contribution in [0.15, 0.2) is 5.38 Å². The normalized spacial score (nSPS) is 10.9. The molecule has 2 aromatic rings. The molecule has 0 saturated carbocycles. The Hall–Kier alpha value is -1.27. The third-order valence-corrected chi connectivity index (χ3v) is 3.07. The largest absolute Gasteiger partial charge is 0.325 e. The molecule has 0 aliphatic carbocycles. The van der Waals surface area contributed by atoms with E-state index in [1.807, 2.05) is 23.9 Å². The van der Waals surface area contributed by atoms with Gasteiger partial charge in [0.15, 0.2) is 0 Å². The second-order valence-electron chi connectivity index (χ2n) is 3.34. The Kier molecular flexibility index (Phi) is 2.79. The summed E-state index contributed by atoms with van der Waals surface area (Å²) in [6.07, 6.45) is 0. The molecule has 0 radical (unpaired) electrons. The summed E-state index contributed by atoms with van der Waals surface area (Å²) in [4.78, 5) is 4.38. The Morgan fingerprint density at radius 2 is 2.27 bits per heavy atom. The van der Waals surface area contributed by atoms with Gasteiger partial charge in [0.05, 0.1) is 28.6 Å². The summed E-state index contributed by atoms with van der Waals surface area (Å²) in [6.45, 7) is 5.07. The van der Waals surface area contributed by atoms with E-state index in [1.54, 1.807) is 11.3 Å². The molecule has 0 aliphatic heterocycles. The van der Waals surface area contributed by atoms with E-state index in [1.165, 1.54) is 0 Å². The zero-order valence-corrected chi connectivity index (χ0v) is 9.58. The molecule has 2 N–H and O–H groups in total. The molecular weight excluding hydrogens is 210 g/mol. The minimum absolute atomic E-state index is 0.432. The van der Waals surface area contributed by atoms with E-state index in [0.29, 0.717) is 13.1 Å². The first-order chi connectivity index (χ1) is 7.20. The molecule has 80 valence electrons. The number of thiazole rings is 1. The van der Waals surface area contributed by atoms with Crippen LogP contribution < -0.4 is 5.73 Å². The molecule has 6 heteroatoms. The Morgan fingerprint density at radius 1 is 1.47 bits per heavy atom. The highest BCUT2D eigenvalue weighted by Crippen LogP contribution is 2.11. The van der Waals surface area contributed by atoms with E-state index in [0.717, 1.165) is 22.1 Å². The first kappa shape index (κ1) is 10.3. The van der Waals surface area contributed by atoms with E-state index < -0.39 is 0 Å². The van der Waals surface area contributed by atoms with Gasteiger partial charge >= 0.3 is 0 Å². The fraction of sp³-hybridized carbons (Fsp3) is 0.444. The SMILES string of the molecule is Cc1nc(Cn2nnc(CN)c2C)cs1. The fourth-order valence-corrected chi connectivity index (χ4v) is 1.97. The van der Waals surface area contributed by atoms with Crippen LogP contribution in [0.25, 0.3) is 0 Å². The van der Waals surface area contributed by atoms with Crippen LogP contribution in [0.3, 0.4) is 0 Å². The number of aryl methyl sites for hydroxylation is 1. The van der Waals surface area contributed by atoms with E-state index >= 15 is 0 Å². The minimum atomic E-state index is 0.432. The summed E-state index contributed by atoms with van der Waals surface area (Å²) >= 11 is 1.64. The molecule has 0 atom stereocenters. The van der Waals surface area contributed by atoms with Crippen LogP contribution in [-0.4, -0.2) is 20.0 Å². The van der Waals surface area contributed by atoms with Gasteiger partial charge in [-0.05, 0) is 13.8 Å². The molecular formula is C9H13N5S. The van der Waals surface area contributed by atoms with Crippen molar-refractivity contribution in [2.75, 3.05) is 0 Å². The van der Waals surface area contributed by atoms with Crippen molar-refractivity contribution in [1.29, 1.82) is 0 Å². The lowest BCUT2D eigenvalue weighted by molar-refractivity contribution is 0.624. The van der Waals surface area contributed by atoms with E-state index in [-0.39, 0.29) is 0 Å². The van der Waals surface area contributed by atoms with Gasteiger partial charge < -0.3 is 5.73 Å². The van der Waals surface area contributed by atoms with Gasteiger partial charge in [0.25, 0.3) is 0 Å². The molecule has 0 amide bonds. The predicted octanol–water partition coefficient (Wildman–Crippen LogP) is 0.858. The van der Waals surface area contributed by atoms with Gasteiger partial charge in [-0.3, -0.25) is 0 Å². The lowest BCUT2D eigenvalue weighted by Gasteiger charge is -2.00. The zero-order valence-electron chi connectivity index (χ0n) is 8.77. The molecule has 2 rings (SSSR count). The molecule has 0 saturated heterocycles. The predicted molar refractivity (Wildman–Crippen MR) is 58.6 cm³/mol. The highest BCUT2D eigenvalue weighted by molar-refractivity contribution is 7.09. The van der Waals surface area contributed by atoms with E-state index in [9.17, 15) is 0 Å². The van der Waals surface area contributed by atoms with Crippen molar-refractivity contribution in [2.24, 2.45) is 5.73 Å². The van der Waals surface area contributed by atoms with Gasteiger partial charge in [0.2, 0.25) is 0 Å². The molecule has 0 fully saturated rings. The topological polar surface area (TPSA) is 69.6 Å². The lowest BCUT2D eigenvalue weighted by atomic mass is 10.3. The Bertz CT molecular complexity index is 459. The number of hydrogen-bond donors (Lipinski definition) is 1. The highest BCUT2D eigenvalue weighted by atomic mass is 32.1. The summed E-state index contributed by atoms with van der Waals surface area (Å²) < 4.78 is 1.83. The molecule has 0 aliphatic rings. The first-order valence-corrected chi connectivity index (χ1v) is 5.58. The van der Waals surface area contributed by atoms with Crippen LogP contribution in [0.5, 0.6) is 0 Å². The van der Waals surface area contributed by atoms with Crippen molar-refractivity contribution in [1.82, 2.24) is 20.0 Å². The molecule has 5 nitrogen and oxygen atoms in total. The zero-order chi connectivity index (χ0) is 10.8. The van der Waals surface area contributed by atoms with Gasteiger partial charge in [0.1, 0.15) is 0 Å². The summed E-state index contributed by atoms with van der Waals surface area (Å²) in [5.74, 6) is 0. The average molecular weight is 223 g/mol. The summed E-state index contributed by atoms with van der Waals surface area (Å²) in [7, 11) is 0. The van der Waals surface area contributed by atoms with Crippen molar-refractivity contribution >= 4 is 11.3 Å². The van der Waals surface area contributed by atoms with Crippen LogP contribution in [0, 0.1) is 13.8 Å². The molecule has 0 aromatic carbocycles. The molecule has 15 heavy (non-hydrogen) atoms. The molecule has 2 heterocycles. The average Bonchev–Trinajstić information content (AvgIpc) is 2.76. The summed E-state index contributed by atoms with van der Waals surface area (Å²) in [5, 5.41) is 11.2. The highest BCUT2D eigenvalue weighted by Gasteiger charge is 2.08. The Balaban J connectivity index is 2.21. The molecule has 0 bridgehead atoms. The van der Waals surface area contributed by atoms with Crippen LogP contribution in [0.4, 0.5) is 0 Å². The molecule has 0 spiro atoms. The van der Waals surface area contributed by atoms with Crippen molar-refractivity contribution < 1.29 is 0 Å². The summed E-state index contributed by atoms with van der Waals surface area (Å²) in [5.41, 5.74) is 8.42. The van der Waals surface area contributed by atoms with Crippen molar-refractivity contribution in [3.8, 4) is 0 Å². The van der Waals surface area contributed by atoms with Gasteiger partial charge in [-0.15, -0.1) is 16.4 Å². The Labute approximate surface area is 91.9 Å². The maximum atomic E-state index is 5.53. The van der Waals surface area contributed by atoms with Gasteiger partial charge in [-0.1, -0.05) is 5.21 Å². The quantitative estimate of drug-likeness (QED) is 0.837. The number of aromatic nitrogens is 4. The maximum Gasteiger partial charge on any atom is 0.0991 e. The third-order valence-electron chi connectivity index (χ3n) is 2.25. The van der Waals surface area contributed by atoms with E-state index in [2.05, 4.69) is 15.3 Å².